The molecule has 0 fully saturated rings. The van der Waals surface area contributed by atoms with E-state index in [4.69, 9.17) is 9.84 Å². The summed E-state index contributed by atoms with van der Waals surface area (Å²) >= 11 is 0. The molecule has 8 heteroatoms. The molecule has 35 heavy (non-hydrogen) atoms. The average molecular weight is 475 g/mol. The van der Waals surface area contributed by atoms with Crippen molar-refractivity contribution in [1.29, 1.82) is 0 Å². The van der Waals surface area contributed by atoms with Gasteiger partial charge >= 0.3 is 12.1 Å². The van der Waals surface area contributed by atoms with Gasteiger partial charge in [-0.1, -0.05) is 78.9 Å². The number of carbonyl (C=O) groups is 3. The van der Waals surface area contributed by atoms with Crippen LogP contribution in [-0.4, -0.2) is 47.4 Å². The highest BCUT2D eigenvalue weighted by Gasteiger charge is 2.31. The summed E-state index contributed by atoms with van der Waals surface area (Å²) in [4.78, 5) is 37.1. The highest BCUT2D eigenvalue weighted by molar-refractivity contribution is 5.90. The number of hydrogen-bond donors (Lipinski definition) is 4. The number of carbonyl (C=O) groups excluding carboxylic acids is 2. The van der Waals surface area contributed by atoms with E-state index < -0.39 is 36.7 Å². The molecule has 0 radical (unpaired) electrons. The van der Waals surface area contributed by atoms with Gasteiger partial charge in [-0.25, -0.2) is 9.59 Å². The zero-order valence-electron chi connectivity index (χ0n) is 18.9. The number of rotatable bonds is 9. The van der Waals surface area contributed by atoms with Crippen molar-refractivity contribution < 1.29 is 29.3 Å². The molecule has 3 aromatic carbocycles. The number of carboxylic acid groups (broad SMARTS) is 1. The number of aliphatic hydroxyl groups is 1. The van der Waals surface area contributed by atoms with Crippen LogP contribution in [0.4, 0.5) is 4.79 Å². The summed E-state index contributed by atoms with van der Waals surface area (Å²) < 4.78 is 5.56. The third-order valence-corrected chi connectivity index (χ3v) is 6.03. The predicted octanol–water partition coefficient (Wildman–Crippen LogP) is 3.22. The third-order valence-electron chi connectivity index (χ3n) is 6.03. The molecule has 0 saturated heterocycles. The Bertz CT molecular complexity index is 1170. The average Bonchev–Trinajstić information content (AvgIpc) is 3.20. The number of benzene rings is 3. The molecule has 2 atom stereocenters. The smallest absolute Gasteiger partial charge is 0.408 e. The molecule has 0 spiro atoms. The zero-order chi connectivity index (χ0) is 24.8. The summed E-state index contributed by atoms with van der Waals surface area (Å²) in [6, 6.07) is 21.9. The van der Waals surface area contributed by atoms with Crippen molar-refractivity contribution in [2.75, 3.05) is 13.2 Å². The lowest BCUT2D eigenvalue weighted by atomic mass is 9.98. The van der Waals surface area contributed by atoms with Crippen LogP contribution < -0.4 is 10.6 Å². The molecule has 1 aliphatic carbocycles. The molecule has 3 aromatic rings. The van der Waals surface area contributed by atoms with Crippen LogP contribution in [0.15, 0.2) is 78.9 Å². The van der Waals surface area contributed by atoms with Crippen molar-refractivity contribution in [2.45, 2.75) is 24.4 Å². The molecule has 2 amide bonds. The van der Waals surface area contributed by atoms with E-state index in [-0.39, 0.29) is 18.9 Å². The monoisotopic (exact) mass is 474 g/mol. The summed E-state index contributed by atoms with van der Waals surface area (Å²) in [6.07, 6.45) is -0.960. The molecular formula is C27H26N2O6. The molecule has 0 bridgehead atoms. The normalized spacial score (nSPS) is 13.7. The fourth-order valence-corrected chi connectivity index (χ4v) is 4.35. The number of carboxylic acids is 1. The SMILES string of the molecule is O=C(N[C@@H](C(=O)NC(CCO)C(=O)O)c1ccccc1)OCC1c2ccccc2-c2ccccc21. The van der Waals surface area contributed by atoms with E-state index in [0.717, 1.165) is 22.3 Å². The number of aliphatic hydroxyl groups excluding tert-OH is 1. The highest BCUT2D eigenvalue weighted by atomic mass is 16.5. The Hall–Kier alpha value is -4.17. The number of alkyl carbamates (subject to hydrolysis) is 1. The number of hydrogen-bond acceptors (Lipinski definition) is 5. The Morgan fingerprint density at radius 2 is 1.40 bits per heavy atom. The molecule has 0 aromatic heterocycles. The molecule has 1 aliphatic rings. The number of nitrogens with one attached hydrogen (secondary N) is 2. The lowest BCUT2D eigenvalue weighted by Crippen LogP contribution is -2.47. The Balaban J connectivity index is 1.48. The van der Waals surface area contributed by atoms with Crippen molar-refractivity contribution in [3.8, 4) is 11.1 Å². The van der Waals surface area contributed by atoms with Gasteiger partial charge in [-0.3, -0.25) is 4.79 Å². The van der Waals surface area contributed by atoms with E-state index in [2.05, 4.69) is 10.6 Å². The first-order chi connectivity index (χ1) is 17.0. The molecular weight excluding hydrogens is 448 g/mol. The number of aliphatic carboxylic acids is 1. The molecule has 8 nitrogen and oxygen atoms in total. The van der Waals surface area contributed by atoms with E-state index in [1.54, 1.807) is 30.3 Å². The van der Waals surface area contributed by atoms with Gasteiger partial charge in [0.2, 0.25) is 5.91 Å². The predicted molar refractivity (Wildman–Crippen MR) is 129 cm³/mol. The second-order valence-corrected chi connectivity index (χ2v) is 8.23. The minimum Gasteiger partial charge on any atom is -0.480 e. The zero-order valence-corrected chi connectivity index (χ0v) is 18.9. The Labute approximate surface area is 202 Å². The van der Waals surface area contributed by atoms with Gasteiger partial charge in [-0.05, 0) is 27.8 Å². The summed E-state index contributed by atoms with van der Waals surface area (Å²) in [5.41, 5.74) is 4.79. The molecule has 1 unspecified atom stereocenters. The maximum absolute atomic E-state index is 12.9. The van der Waals surface area contributed by atoms with Gasteiger partial charge in [0.25, 0.3) is 0 Å². The number of ether oxygens (including phenoxy) is 1. The summed E-state index contributed by atoms with van der Waals surface area (Å²) in [5, 5.41) is 23.4. The summed E-state index contributed by atoms with van der Waals surface area (Å²) in [7, 11) is 0. The topological polar surface area (TPSA) is 125 Å². The fraction of sp³-hybridized carbons (Fsp3) is 0.222. The Kier molecular flexibility index (Phi) is 7.42. The van der Waals surface area contributed by atoms with Crippen LogP contribution in [0.25, 0.3) is 11.1 Å². The maximum Gasteiger partial charge on any atom is 0.408 e. The third kappa shape index (κ3) is 5.33. The van der Waals surface area contributed by atoms with Crippen LogP contribution in [0.2, 0.25) is 0 Å². The van der Waals surface area contributed by atoms with Crippen molar-refractivity contribution in [3.63, 3.8) is 0 Å². The van der Waals surface area contributed by atoms with E-state index in [1.165, 1.54) is 0 Å². The highest BCUT2D eigenvalue weighted by Crippen LogP contribution is 2.44. The van der Waals surface area contributed by atoms with Gasteiger partial charge in [0.15, 0.2) is 0 Å². The first-order valence-corrected chi connectivity index (χ1v) is 11.3. The first kappa shape index (κ1) is 24.0. The van der Waals surface area contributed by atoms with E-state index >= 15 is 0 Å². The first-order valence-electron chi connectivity index (χ1n) is 11.3. The quantitative estimate of drug-likeness (QED) is 0.377. The fourth-order valence-electron chi connectivity index (χ4n) is 4.35. The molecule has 4 rings (SSSR count). The lowest BCUT2D eigenvalue weighted by molar-refractivity contribution is -0.142. The van der Waals surface area contributed by atoms with Crippen LogP contribution in [0, 0.1) is 0 Å². The summed E-state index contributed by atoms with van der Waals surface area (Å²) in [6.45, 7) is -0.335. The number of amides is 2. The Morgan fingerprint density at radius 1 is 0.829 bits per heavy atom. The minimum absolute atomic E-state index is 0.0747. The minimum atomic E-state index is -1.29. The molecule has 0 aliphatic heterocycles. The molecule has 0 saturated carbocycles. The van der Waals surface area contributed by atoms with E-state index in [0.29, 0.717) is 5.56 Å². The van der Waals surface area contributed by atoms with Crippen molar-refractivity contribution in [3.05, 3.63) is 95.6 Å². The number of fused-ring (bicyclic) bond motifs is 3. The van der Waals surface area contributed by atoms with Gasteiger partial charge in [-0.2, -0.15) is 0 Å². The summed E-state index contributed by atoms with van der Waals surface area (Å²) in [5.74, 6) is -2.14. The molecule has 180 valence electrons. The van der Waals surface area contributed by atoms with Gasteiger partial charge < -0.3 is 25.6 Å². The van der Waals surface area contributed by atoms with Crippen molar-refractivity contribution >= 4 is 18.0 Å². The lowest BCUT2D eigenvalue weighted by Gasteiger charge is -2.22. The van der Waals surface area contributed by atoms with Crippen LogP contribution >= 0.6 is 0 Å². The van der Waals surface area contributed by atoms with Gasteiger partial charge in [0, 0.05) is 18.9 Å². The van der Waals surface area contributed by atoms with Gasteiger partial charge in [0.05, 0.1) is 0 Å². The van der Waals surface area contributed by atoms with E-state index in [1.807, 2.05) is 48.5 Å². The second kappa shape index (κ2) is 10.8. The van der Waals surface area contributed by atoms with Crippen LogP contribution in [0.1, 0.15) is 35.1 Å². The van der Waals surface area contributed by atoms with Crippen LogP contribution in [-0.2, 0) is 14.3 Å². The Morgan fingerprint density at radius 3 is 1.97 bits per heavy atom. The standard InChI is InChI=1S/C27H26N2O6/c30-15-14-23(26(32)33)28-25(31)24(17-8-2-1-3-9-17)29-27(34)35-16-22-20-12-6-4-10-18(20)19-11-5-7-13-21(19)22/h1-13,22-24,30H,14-16H2,(H,28,31)(H,29,34)(H,32,33)/t23?,24-/m1/s1. The van der Waals surface area contributed by atoms with Crippen LogP contribution in [0.5, 0.6) is 0 Å². The largest absolute Gasteiger partial charge is 0.480 e. The van der Waals surface area contributed by atoms with Crippen LogP contribution in [0.3, 0.4) is 0 Å². The maximum atomic E-state index is 12.9. The molecule has 4 N–H and O–H groups in total. The molecule has 0 heterocycles. The van der Waals surface area contributed by atoms with E-state index in [9.17, 15) is 19.5 Å². The van der Waals surface area contributed by atoms with Crippen molar-refractivity contribution in [1.82, 2.24) is 10.6 Å². The second-order valence-electron chi connectivity index (χ2n) is 8.23. The van der Waals surface area contributed by atoms with Gasteiger partial charge in [-0.15, -0.1) is 0 Å². The van der Waals surface area contributed by atoms with Gasteiger partial charge in [0.1, 0.15) is 18.7 Å². The van der Waals surface area contributed by atoms with Crippen molar-refractivity contribution in [2.24, 2.45) is 0 Å².